The van der Waals surface area contributed by atoms with Gasteiger partial charge in [-0.3, -0.25) is 14.5 Å². The van der Waals surface area contributed by atoms with Crippen molar-refractivity contribution in [2.75, 3.05) is 44.6 Å². The van der Waals surface area contributed by atoms with Crippen LogP contribution in [0, 0.1) is 13.8 Å². The van der Waals surface area contributed by atoms with Crippen LogP contribution in [0.3, 0.4) is 0 Å². The number of amides is 2. The van der Waals surface area contributed by atoms with Gasteiger partial charge in [0, 0.05) is 26.2 Å². The smallest absolute Gasteiger partial charge is 0.348 e. The molecule has 0 spiro atoms. The molecule has 0 saturated carbocycles. The molecule has 31 heavy (non-hydrogen) atoms. The maximum atomic E-state index is 12.6. The summed E-state index contributed by atoms with van der Waals surface area (Å²) < 4.78 is 5.04. The molecule has 0 unspecified atom stereocenters. The van der Waals surface area contributed by atoms with Gasteiger partial charge in [-0.15, -0.1) is 11.3 Å². The van der Waals surface area contributed by atoms with E-state index in [2.05, 4.69) is 5.32 Å². The first-order chi connectivity index (χ1) is 14.9. The maximum Gasteiger partial charge on any atom is 0.348 e. The second-order valence-electron chi connectivity index (χ2n) is 7.71. The van der Waals surface area contributed by atoms with Crippen molar-refractivity contribution in [2.45, 2.75) is 27.2 Å². The van der Waals surface area contributed by atoms with Crippen LogP contribution in [0.15, 0.2) is 30.3 Å². The van der Waals surface area contributed by atoms with Crippen molar-refractivity contribution >= 4 is 34.1 Å². The van der Waals surface area contributed by atoms with Crippen molar-refractivity contribution in [1.82, 2.24) is 9.80 Å². The highest BCUT2D eigenvalue weighted by Gasteiger charge is 2.23. The molecule has 0 aliphatic carbocycles. The molecule has 1 aromatic carbocycles. The molecule has 7 nitrogen and oxygen atoms in total. The topological polar surface area (TPSA) is 79.0 Å². The molecule has 0 bridgehead atoms. The van der Waals surface area contributed by atoms with E-state index in [0.29, 0.717) is 49.1 Å². The summed E-state index contributed by atoms with van der Waals surface area (Å²) in [7, 11) is 0. The highest BCUT2D eigenvalue weighted by atomic mass is 32.1. The van der Waals surface area contributed by atoms with E-state index in [1.54, 1.807) is 13.0 Å². The van der Waals surface area contributed by atoms with Crippen LogP contribution in [0.5, 0.6) is 0 Å². The Morgan fingerprint density at radius 1 is 1.06 bits per heavy atom. The minimum absolute atomic E-state index is 0.119. The summed E-state index contributed by atoms with van der Waals surface area (Å²) >= 11 is 1.23. The minimum atomic E-state index is -0.364. The number of nitrogens with one attached hydrogen (secondary N) is 1. The average molecular weight is 444 g/mol. The van der Waals surface area contributed by atoms with Gasteiger partial charge in [0.05, 0.1) is 24.6 Å². The molecule has 166 valence electrons. The van der Waals surface area contributed by atoms with Crippen LogP contribution in [0.25, 0.3) is 0 Å². The Balaban J connectivity index is 1.44. The number of nitrogens with zero attached hydrogens (tertiary/aromatic N) is 2. The van der Waals surface area contributed by atoms with Crippen molar-refractivity contribution in [3.8, 4) is 0 Å². The second-order valence-corrected chi connectivity index (χ2v) is 8.76. The lowest BCUT2D eigenvalue weighted by Gasteiger charge is -2.34. The van der Waals surface area contributed by atoms with E-state index in [9.17, 15) is 14.4 Å². The average Bonchev–Trinajstić information content (AvgIpc) is 3.10. The van der Waals surface area contributed by atoms with Crippen molar-refractivity contribution in [2.24, 2.45) is 0 Å². The summed E-state index contributed by atoms with van der Waals surface area (Å²) in [4.78, 5) is 41.3. The quantitative estimate of drug-likeness (QED) is 0.666. The van der Waals surface area contributed by atoms with E-state index in [0.717, 1.165) is 11.1 Å². The standard InChI is InChI=1S/C23H29N3O4S/c1-4-30-23(29)22-17(3)13-20(31-22)24-19(27)15-25-9-11-26(12-10-25)21(28)14-18-7-5-16(2)6-8-18/h5-8,13H,4,9-12,14-15H2,1-3H3,(H,24,27). The zero-order chi connectivity index (χ0) is 22.4. The normalized spacial score (nSPS) is 14.4. The summed E-state index contributed by atoms with van der Waals surface area (Å²) in [5.74, 6) is -0.374. The van der Waals surface area contributed by atoms with Crippen LogP contribution in [-0.2, 0) is 20.7 Å². The molecule has 1 saturated heterocycles. The van der Waals surface area contributed by atoms with Gasteiger partial charge < -0.3 is 15.0 Å². The first-order valence-corrected chi connectivity index (χ1v) is 11.3. The lowest BCUT2D eigenvalue weighted by atomic mass is 10.1. The predicted molar refractivity (Wildman–Crippen MR) is 122 cm³/mol. The van der Waals surface area contributed by atoms with Crippen LogP contribution in [0.2, 0.25) is 0 Å². The van der Waals surface area contributed by atoms with Gasteiger partial charge in [0.15, 0.2) is 0 Å². The molecule has 1 N–H and O–H groups in total. The molecular weight excluding hydrogens is 414 g/mol. The van der Waals surface area contributed by atoms with Crippen LogP contribution in [-0.4, -0.2) is 66.9 Å². The summed E-state index contributed by atoms with van der Waals surface area (Å²) in [5.41, 5.74) is 2.99. The Morgan fingerprint density at radius 3 is 2.39 bits per heavy atom. The Bertz CT molecular complexity index is 931. The van der Waals surface area contributed by atoms with Crippen LogP contribution >= 0.6 is 11.3 Å². The molecule has 2 amide bonds. The molecule has 1 fully saturated rings. The molecule has 1 aliphatic heterocycles. The molecule has 2 aromatic rings. The SMILES string of the molecule is CCOC(=O)c1sc(NC(=O)CN2CCN(C(=O)Cc3ccc(C)cc3)CC2)cc1C. The van der Waals surface area contributed by atoms with Gasteiger partial charge in [-0.2, -0.15) is 0 Å². The zero-order valence-corrected chi connectivity index (χ0v) is 19.1. The number of ether oxygens (including phenoxy) is 1. The third-order valence-electron chi connectivity index (χ3n) is 5.21. The fourth-order valence-corrected chi connectivity index (χ4v) is 4.45. The fraction of sp³-hybridized carbons (Fsp3) is 0.435. The van der Waals surface area contributed by atoms with Crippen molar-refractivity contribution < 1.29 is 19.1 Å². The number of esters is 1. The molecule has 0 radical (unpaired) electrons. The van der Waals surface area contributed by atoms with Gasteiger partial charge in [0.25, 0.3) is 0 Å². The predicted octanol–water partition coefficient (Wildman–Crippen LogP) is 2.87. The highest BCUT2D eigenvalue weighted by molar-refractivity contribution is 7.18. The number of piperazine rings is 1. The highest BCUT2D eigenvalue weighted by Crippen LogP contribution is 2.27. The van der Waals surface area contributed by atoms with Crippen molar-refractivity contribution in [3.05, 3.63) is 51.9 Å². The van der Waals surface area contributed by atoms with Gasteiger partial charge in [0.2, 0.25) is 11.8 Å². The van der Waals surface area contributed by atoms with Crippen LogP contribution in [0.1, 0.15) is 33.3 Å². The summed E-state index contributed by atoms with van der Waals surface area (Å²) in [6, 6.07) is 9.81. The number of rotatable bonds is 7. The van der Waals surface area contributed by atoms with Crippen molar-refractivity contribution in [1.29, 1.82) is 0 Å². The number of thiophene rings is 1. The lowest BCUT2D eigenvalue weighted by Crippen LogP contribution is -2.50. The van der Waals surface area contributed by atoms with E-state index < -0.39 is 0 Å². The van der Waals surface area contributed by atoms with E-state index in [1.807, 2.05) is 47.9 Å². The maximum absolute atomic E-state index is 12.6. The second kappa shape index (κ2) is 10.5. The summed E-state index contributed by atoms with van der Waals surface area (Å²) in [5, 5.41) is 3.50. The number of hydrogen-bond acceptors (Lipinski definition) is 6. The minimum Gasteiger partial charge on any atom is -0.462 e. The Kier molecular flexibility index (Phi) is 7.81. The van der Waals surface area contributed by atoms with Gasteiger partial charge in [0.1, 0.15) is 4.88 Å². The monoisotopic (exact) mass is 443 g/mol. The number of anilines is 1. The Morgan fingerprint density at radius 2 is 1.74 bits per heavy atom. The van der Waals surface area contributed by atoms with Crippen LogP contribution in [0.4, 0.5) is 5.00 Å². The summed E-state index contributed by atoms with van der Waals surface area (Å²) in [6.07, 6.45) is 0.404. The Labute approximate surface area is 187 Å². The number of carbonyl (C=O) groups is 3. The first kappa shape index (κ1) is 23.0. The fourth-order valence-electron chi connectivity index (χ4n) is 3.47. The lowest BCUT2D eigenvalue weighted by molar-refractivity contribution is -0.132. The molecule has 8 heteroatoms. The first-order valence-electron chi connectivity index (χ1n) is 10.5. The number of carbonyl (C=O) groups excluding carboxylic acids is 3. The zero-order valence-electron chi connectivity index (χ0n) is 18.3. The van der Waals surface area contributed by atoms with Crippen LogP contribution < -0.4 is 5.32 Å². The number of aryl methyl sites for hydroxylation is 2. The number of benzene rings is 1. The molecule has 1 aromatic heterocycles. The van der Waals surface area contributed by atoms with E-state index in [4.69, 9.17) is 4.74 Å². The summed E-state index contributed by atoms with van der Waals surface area (Å²) in [6.45, 7) is 8.73. The van der Waals surface area contributed by atoms with Crippen molar-refractivity contribution in [3.63, 3.8) is 0 Å². The number of hydrogen-bond donors (Lipinski definition) is 1. The third kappa shape index (κ3) is 6.38. The molecule has 1 aliphatic rings. The van der Waals surface area contributed by atoms with E-state index in [-0.39, 0.29) is 24.3 Å². The molecule has 2 heterocycles. The molecule has 0 atom stereocenters. The Hall–Kier alpha value is -2.71. The molecular formula is C23H29N3O4S. The third-order valence-corrected chi connectivity index (χ3v) is 6.34. The van der Waals surface area contributed by atoms with E-state index in [1.165, 1.54) is 16.9 Å². The molecule has 3 rings (SSSR count). The largest absolute Gasteiger partial charge is 0.462 e. The van der Waals surface area contributed by atoms with Gasteiger partial charge >= 0.3 is 5.97 Å². The van der Waals surface area contributed by atoms with Gasteiger partial charge in [-0.05, 0) is 38.0 Å². The van der Waals surface area contributed by atoms with Gasteiger partial charge in [-0.1, -0.05) is 29.8 Å². The van der Waals surface area contributed by atoms with E-state index >= 15 is 0 Å². The van der Waals surface area contributed by atoms with Gasteiger partial charge in [-0.25, -0.2) is 4.79 Å².